The van der Waals surface area contributed by atoms with Crippen molar-refractivity contribution in [1.29, 1.82) is 10.5 Å². The lowest BCUT2D eigenvalue weighted by atomic mass is 9.96. The van der Waals surface area contributed by atoms with Gasteiger partial charge in [-0.1, -0.05) is 0 Å². The predicted molar refractivity (Wildman–Crippen MR) is 113 cm³/mol. The number of nitrogens with one attached hydrogen (secondary N) is 1. The molecule has 1 N–H and O–H groups in total. The molecule has 0 atom stereocenters. The summed E-state index contributed by atoms with van der Waals surface area (Å²) in [7, 11) is 1.56. The van der Waals surface area contributed by atoms with E-state index in [2.05, 4.69) is 16.0 Å². The zero-order valence-corrected chi connectivity index (χ0v) is 17.8. The van der Waals surface area contributed by atoms with Gasteiger partial charge in [0.2, 0.25) is 0 Å². The Morgan fingerprint density at radius 2 is 2.10 bits per heavy atom. The summed E-state index contributed by atoms with van der Waals surface area (Å²) in [5.74, 6) is -0.418. The quantitative estimate of drug-likeness (QED) is 0.449. The standard InChI is InChI=1S/C22H24N4O2S/c1-14-10-16(11-17(12-23)21(27)25-8-9-28-3)15(2)26(14)22-19(13-24)18-6-4-5-7-20(18)29-22/h10-11H,4-9H2,1-3H3,(H,25,27). The molecular formula is C22H24N4O2S. The molecule has 150 valence electrons. The van der Waals surface area contributed by atoms with E-state index in [-0.39, 0.29) is 5.57 Å². The number of aromatic nitrogens is 1. The first kappa shape index (κ1) is 20.9. The van der Waals surface area contributed by atoms with Crippen LogP contribution in [0.15, 0.2) is 11.6 Å². The van der Waals surface area contributed by atoms with Gasteiger partial charge in [0.25, 0.3) is 5.91 Å². The van der Waals surface area contributed by atoms with Crippen molar-refractivity contribution in [3.63, 3.8) is 0 Å². The van der Waals surface area contributed by atoms with Crippen molar-refractivity contribution in [2.75, 3.05) is 20.3 Å². The van der Waals surface area contributed by atoms with E-state index in [0.717, 1.165) is 46.8 Å². The molecule has 0 spiro atoms. The Labute approximate surface area is 175 Å². The van der Waals surface area contributed by atoms with E-state index in [1.807, 2.05) is 26.0 Å². The van der Waals surface area contributed by atoms with Crippen LogP contribution in [0, 0.1) is 36.5 Å². The molecule has 3 rings (SSSR count). The van der Waals surface area contributed by atoms with Crippen LogP contribution in [0.5, 0.6) is 0 Å². The molecule has 1 aliphatic carbocycles. The number of fused-ring (bicyclic) bond motifs is 1. The van der Waals surface area contributed by atoms with Gasteiger partial charge in [-0.2, -0.15) is 10.5 Å². The Kier molecular flexibility index (Phi) is 6.53. The van der Waals surface area contributed by atoms with E-state index in [0.29, 0.717) is 13.2 Å². The number of nitriles is 2. The molecule has 7 heteroatoms. The van der Waals surface area contributed by atoms with Crippen LogP contribution in [0.3, 0.4) is 0 Å². The number of rotatable bonds is 6. The monoisotopic (exact) mass is 408 g/mol. The number of nitrogens with zero attached hydrogens (tertiary/aromatic N) is 3. The van der Waals surface area contributed by atoms with Crippen molar-refractivity contribution in [2.45, 2.75) is 39.5 Å². The van der Waals surface area contributed by atoms with E-state index in [9.17, 15) is 15.3 Å². The van der Waals surface area contributed by atoms with Gasteiger partial charge in [0.15, 0.2) is 0 Å². The van der Waals surface area contributed by atoms with Crippen molar-refractivity contribution in [3.05, 3.63) is 44.6 Å². The van der Waals surface area contributed by atoms with Crippen molar-refractivity contribution in [3.8, 4) is 17.1 Å². The number of hydrogen-bond donors (Lipinski definition) is 1. The largest absolute Gasteiger partial charge is 0.383 e. The second-order valence-electron chi connectivity index (χ2n) is 7.08. The first-order chi connectivity index (χ1) is 14.0. The van der Waals surface area contributed by atoms with Crippen molar-refractivity contribution in [1.82, 2.24) is 9.88 Å². The second kappa shape index (κ2) is 9.09. The number of thiophene rings is 1. The third-order valence-electron chi connectivity index (χ3n) is 5.19. The molecular weight excluding hydrogens is 384 g/mol. The molecule has 0 unspecified atom stereocenters. The van der Waals surface area contributed by atoms with Gasteiger partial charge in [0.1, 0.15) is 22.7 Å². The van der Waals surface area contributed by atoms with Gasteiger partial charge in [-0.25, -0.2) is 0 Å². The molecule has 0 saturated heterocycles. The van der Waals surface area contributed by atoms with Crippen LogP contribution in [0.1, 0.15) is 45.8 Å². The van der Waals surface area contributed by atoms with Gasteiger partial charge in [0.05, 0.1) is 12.2 Å². The lowest BCUT2D eigenvalue weighted by Gasteiger charge is -2.10. The number of amides is 1. The first-order valence-electron chi connectivity index (χ1n) is 9.64. The average molecular weight is 409 g/mol. The molecule has 0 aromatic carbocycles. The van der Waals surface area contributed by atoms with E-state index < -0.39 is 5.91 Å². The maximum absolute atomic E-state index is 12.3. The number of carbonyl (C=O) groups is 1. The Morgan fingerprint density at radius 3 is 2.79 bits per heavy atom. The molecule has 1 amide bonds. The van der Waals surface area contributed by atoms with Crippen LogP contribution >= 0.6 is 11.3 Å². The average Bonchev–Trinajstić information content (AvgIpc) is 3.21. The van der Waals surface area contributed by atoms with Crippen LogP contribution in [-0.4, -0.2) is 30.7 Å². The fourth-order valence-electron chi connectivity index (χ4n) is 3.74. The fourth-order valence-corrected chi connectivity index (χ4v) is 5.19. The van der Waals surface area contributed by atoms with Gasteiger partial charge in [-0.3, -0.25) is 4.79 Å². The van der Waals surface area contributed by atoms with E-state index >= 15 is 0 Å². The van der Waals surface area contributed by atoms with Gasteiger partial charge >= 0.3 is 0 Å². The molecule has 0 radical (unpaired) electrons. The highest BCUT2D eigenvalue weighted by atomic mass is 32.1. The van der Waals surface area contributed by atoms with Gasteiger partial charge in [-0.05, 0) is 62.8 Å². The number of hydrogen-bond acceptors (Lipinski definition) is 5. The molecule has 2 heterocycles. The summed E-state index contributed by atoms with van der Waals surface area (Å²) in [6, 6.07) is 6.35. The molecule has 0 fully saturated rings. The smallest absolute Gasteiger partial charge is 0.262 e. The highest BCUT2D eigenvalue weighted by Gasteiger charge is 2.24. The highest BCUT2D eigenvalue weighted by Crippen LogP contribution is 2.38. The van der Waals surface area contributed by atoms with Gasteiger partial charge in [0, 0.05) is 29.9 Å². The minimum Gasteiger partial charge on any atom is -0.383 e. The zero-order chi connectivity index (χ0) is 21.0. The number of carbonyl (C=O) groups excluding carboxylic acids is 1. The summed E-state index contributed by atoms with van der Waals surface area (Å²) in [5.41, 5.74) is 4.69. The SMILES string of the molecule is COCCNC(=O)C(C#N)=Cc1cc(C)n(-c2sc3c(c2C#N)CCCC3)c1C. The summed E-state index contributed by atoms with van der Waals surface area (Å²) in [6.07, 6.45) is 5.89. The Hall–Kier alpha value is -2.87. The topological polar surface area (TPSA) is 90.8 Å². The predicted octanol–water partition coefficient (Wildman–Crippen LogP) is 3.58. The molecule has 6 nitrogen and oxygen atoms in total. The maximum Gasteiger partial charge on any atom is 0.262 e. The lowest BCUT2D eigenvalue weighted by molar-refractivity contribution is -0.117. The molecule has 29 heavy (non-hydrogen) atoms. The van der Waals surface area contributed by atoms with Crippen LogP contribution in [-0.2, 0) is 22.4 Å². The summed E-state index contributed by atoms with van der Waals surface area (Å²) >= 11 is 1.69. The number of aryl methyl sites for hydroxylation is 2. The summed E-state index contributed by atoms with van der Waals surface area (Å²) in [6.45, 7) is 4.67. The molecule has 0 bridgehead atoms. The highest BCUT2D eigenvalue weighted by molar-refractivity contribution is 7.15. The number of methoxy groups -OCH3 is 1. The minimum absolute atomic E-state index is 0.0485. The first-order valence-corrected chi connectivity index (χ1v) is 10.5. The van der Waals surface area contributed by atoms with Gasteiger partial charge in [-0.15, -0.1) is 11.3 Å². The van der Waals surface area contributed by atoms with Crippen LogP contribution in [0.25, 0.3) is 11.1 Å². The Balaban J connectivity index is 2.00. The van der Waals surface area contributed by atoms with E-state index in [1.165, 1.54) is 16.9 Å². The lowest BCUT2D eigenvalue weighted by Crippen LogP contribution is -2.27. The fraction of sp³-hybridized carbons (Fsp3) is 0.409. The summed E-state index contributed by atoms with van der Waals surface area (Å²) < 4.78 is 7.00. The van der Waals surface area contributed by atoms with E-state index in [1.54, 1.807) is 24.5 Å². The maximum atomic E-state index is 12.3. The van der Waals surface area contributed by atoms with Crippen molar-refractivity contribution >= 4 is 23.3 Å². The van der Waals surface area contributed by atoms with Crippen LogP contribution in [0.2, 0.25) is 0 Å². The Bertz CT molecular complexity index is 1050. The molecule has 0 aliphatic heterocycles. The summed E-state index contributed by atoms with van der Waals surface area (Å²) in [4.78, 5) is 13.6. The van der Waals surface area contributed by atoms with Crippen molar-refractivity contribution < 1.29 is 9.53 Å². The minimum atomic E-state index is -0.418. The van der Waals surface area contributed by atoms with E-state index in [4.69, 9.17) is 4.74 Å². The van der Waals surface area contributed by atoms with Crippen molar-refractivity contribution in [2.24, 2.45) is 0 Å². The molecule has 2 aromatic rings. The third kappa shape index (κ3) is 4.12. The molecule has 2 aromatic heterocycles. The van der Waals surface area contributed by atoms with Crippen LogP contribution < -0.4 is 5.32 Å². The van der Waals surface area contributed by atoms with Gasteiger partial charge < -0.3 is 14.6 Å². The summed E-state index contributed by atoms with van der Waals surface area (Å²) in [5, 5.41) is 22.8. The molecule has 0 saturated carbocycles. The Morgan fingerprint density at radius 1 is 1.34 bits per heavy atom. The molecule has 1 aliphatic rings. The zero-order valence-electron chi connectivity index (χ0n) is 17.0. The normalized spacial score (nSPS) is 13.5. The number of ether oxygens (including phenoxy) is 1. The second-order valence-corrected chi connectivity index (χ2v) is 8.17. The third-order valence-corrected chi connectivity index (χ3v) is 6.47. The van der Waals surface area contributed by atoms with Crippen LogP contribution in [0.4, 0.5) is 0 Å².